The summed E-state index contributed by atoms with van der Waals surface area (Å²) in [6.07, 6.45) is -0.936. The summed E-state index contributed by atoms with van der Waals surface area (Å²) in [6, 6.07) is 46.5. The van der Waals surface area contributed by atoms with Crippen LogP contribution in [-0.2, 0) is 22.6 Å². The van der Waals surface area contributed by atoms with E-state index >= 15 is 0 Å². The summed E-state index contributed by atoms with van der Waals surface area (Å²) < 4.78 is 13.6. The van der Waals surface area contributed by atoms with Crippen molar-refractivity contribution >= 4 is 22.6 Å². The molecular formula is C47H44N2O5. The number of fused-ring (bicyclic) bond motifs is 2. The zero-order valence-electron chi connectivity index (χ0n) is 30.8. The maximum Gasteiger partial charge on any atom is 0.261 e. The van der Waals surface area contributed by atoms with Gasteiger partial charge in [0.25, 0.3) is 11.8 Å². The molecule has 0 aromatic heterocycles. The van der Waals surface area contributed by atoms with Crippen LogP contribution in [0.15, 0.2) is 140 Å². The standard InChI is InChI=1S/C47H44N2O5/c1-30-43(28-48(3)31(2)38-24-21-34-10-4-5-11-40(34)26-38)53-47(54-44(30)36-17-15-32(29-50)16-18-36)37-22-19-35(20-23-37)39-12-8-9-33(25-39)27-49-45(51)41-13-6-7-14-42(41)46(49)52/h4-26,30-31,43-44,47,50H,27-29H2,1-3H3/t30-,31+,43+,44+,47+/m0/s1. The Morgan fingerprint density at radius 2 is 1.35 bits per heavy atom. The van der Waals surface area contributed by atoms with Gasteiger partial charge in [-0.1, -0.05) is 122 Å². The third-order valence-corrected chi connectivity index (χ3v) is 11.2. The third kappa shape index (κ3) is 6.99. The van der Waals surface area contributed by atoms with Gasteiger partial charge in [0.1, 0.15) is 0 Å². The molecule has 0 radical (unpaired) electrons. The number of nitrogens with zero attached hydrogens (tertiary/aromatic N) is 2. The lowest BCUT2D eigenvalue weighted by molar-refractivity contribution is -0.276. The van der Waals surface area contributed by atoms with Crippen molar-refractivity contribution in [3.05, 3.63) is 178 Å². The second-order valence-corrected chi connectivity index (χ2v) is 14.6. The van der Waals surface area contributed by atoms with Gasteiger partial charge in [0.2, 0.25) is 0 Å². The minimum Gasteiger partial charge on any atom is -0.392 e. The minimum atomic E-state index is -0.590. The smallest absolute Gasteiger partial charge is 0.261 e. The first-order valence-electron chi connectivity index (χ1n) is 18.6. The molecule has 2 aliphatic heterocycles. The topological polar surface area (TPSA) is 79.3 Å². The van der Waals surface area contributed by atoms with Crippen molar-refractivity contribution in [3.8, 4) is 11.1 Å². The van der Waals surface area contributed by atoms with E-state index < -0.39 is 6.29 Å². The van der Waals surface area contributed by atoms with Gasteiger partial charge in [-0.15, -0.1) is 0 Å². The molecular weight excluding hydrogens is 673 g/mol. The SMILES string of the molecule is C[C@H]1[C@@H](CN(C)[C@H](C)c2ccc3ccccc3c2)O[C@@H](c2ccc(-c3cccc(CN4C(=O)c5ccccc5C4=O)c3)cc2)O[C@H]1c1ccc(CO)cc1. The second kappa shape index (κ2) is 15.1. The zero-order chi connectivity index (χ0) is 37.3. The van der Waals surface area contributed by atoms with Gasteiger partial charge in [0.15, 0.2) is 6.29 Å². The van der Waals surface area contributed by atoms with Gasteiger partial charge in [-0.3, -0.25) is 19.4 Å². The predicted octanol–water partition coefficient (Wildman–Crippen LogP) is 9.28. The molecule has 7 nitrogen and oxygen atoms in total. The van der Waals surface area contributed by atoms with Crippen LogP contribution in [0.2, 0.25) is 0 Å². The fourth-order valence-corrected chi connectivity index (χ4v) is 7.74. The number of benzene rings is 6. The monoisotopic (exact) mass is 716 g/mol. The zero-order valence-corrected chi connectivity index (χ0v) is 30.8. The fourth-order valence-electron chi connectivity index (χ4n) is 7.74. The van der Waals surface area contributed by atoms with Gasteiger partial charge in [0, 0.05) is 24.1 Å². The molecule has 6 aromatic carbocycles. The predicted molar refractivity (Wildman–Crippen MR) is 210 cm³/mol. The van der Waals surface area contributed by atoms with Crippen molar-refractivity contribution in [2.45, 2.75) is 51.5 Å². The number of aliphatic hydroxyl groups excluding tert-OH is 1. The van der Waals surface area contributed by atoms with E-state index in [1.54, 1.807) is 24.3 Å². The van der Waals surface area contributed by atoms with Crippen LogP contribution >= 0.6 is 0 Å². The molecule has 1 fully saturated rings. The average molecular weight is 717 g/mol. The Morgan fingerprint density at radius 3 is 2.06 bits per heavy atom. The average Bonchev–Trinajstić information content (AvgIpc) is 3.45. The summed E-state index contributed by atoms with van der Waals surface area (Å²) in [7, 11) is 2.16. The molecule has 8 rings (SSSR count). The van der Waals surface area contributed by atoms with Gasteiger partial charge in [-0.25, -0.2) is 0 Å². The number of imide groups is 1. The Morgan fingerprint density at radius 1 is 0.685 bits per heavy atom. The van der Waals surface area contributed by atoms with Crippen LogP contribution in [0.4, 0.5) is 0 Å². The highest BCUT2D eigenvalue weighted by Gasteiger charge is 2.39. The number of likely N-dealkylation sites (N-methyl/N-ethyl adjacent to an activating group) is 1. The van der Waals surface area contributed by atoms with E-state index in [4.69, 9.17) is 9.47 Å². The molecule has 5 atom stereocenters. The Labute approximate surface area is 316 Å². The van der Waals surface area contributed by atoms with Crippen molar-refractivity contribution in [2.75, 3.05) is 13.6 Å². The molecule has 0 spiro atoms. The van der Waals surface area contributed by atoms with Gasteiger partial charge >= 0.3 is 0 Å². The molecule has 6 aromatic rings. The van der Waals surface area contributed by atoms with E-state index in [2.05, 4.69) is 92.5 Å². The van der Waals surface area contributed by atoms with Crippen molar-refractivity contribution in [1.82, 2.24) is 9.80 Å². The molecule has 2 heterocycles. The molecule has 1 saturated heterocycles. The maximum atomic E-state index is 13.0. The molecule has 272 valence electrons. The molecule has 2 aliphatic rings. The van der Waals surface area contributed by atoms with Crippen LogP contribution in [0.25, 0.3) is 21.9 Å². The molecule has 1 N–H and O–H groups in total. The maximum absolute atomic E-state index is 13.0. The van der Waals surface area contributed by atoms with Crippen LogP contribution in [0, 0.1) is 5.92 Å². The number of amides is 2. The summed E-state index contributed by atoms with van der Waals surface area (Å²) in [5.74, 6) is -0.471. The highest BCUT2D eigenvalue weighted by Crippen LogP contribution is 2.42. The van der Waals surface area contributed by atoms with Crippen LogP contribution in [0.5, 0.6) is 0 Å². The normalized spacial score (nSPS) is 20.4. The summed E-state index contributed by atoms with van der Waals surface area (Å²) in [6.45, 7) is 5.34. The molecule has 0 unspecified atom stereocenters. The van der Waals surface area contributed by atoms with E-state index in [9.17, 15) is 14.7 Å². The van der Waals surface area contributed by atoms with Crippen LogP contribution < -0.4 is 0 Å². The highest BCUT2D eigenvalue weighted by molar-refractivity contribution is 6.21. The molecule has 0 aliphatic carbocycles. The van der Waals surface area contributed by atoms with E-state index in [0.29, 0.717) is 17.7 Å². The van der Waals surface area contributed by atoms with Crippen LogP contribution in [0.1, 0.15) is 80.8 Å². The van der Waals surface area contributed by atoms with Crippen molar-refractivity contribution in [2.24, 2.45) is 5.92 Å². The number of carbonyl (C=O) groups is 2. The lowest BCUT2D eigenvalue weighted by atomic mass is 9.89. The van der Waals surface area contributed by atoms with Gasteiger partial charge < -0.3 is 14.6 Å². The molecule has 2 amide bonds. The minimum absolute atomic E-state index is 0.00873. The highest BCUT2D eigenvalue weighted by atomic mass is 16.7. The van der Waals surface area contributed by atoms with E-state index in [-0.39, 0.29) is 49.1 Å². The Bertz CT molecular complexity index is 2270. The quantitative estimate of drug-likeness (QED) is 0.143. The number of ether oxygens (including phenoxy) is 2. The van der Waals surface area contributed by atoms with Crippen LogP contribution in [0.3, 0.4) is 0 Å². The van der Waals surface area contributed by atoms with E-state index in [1.807, 2.05) is 48.5 Å². The van der Waals surface area contributed by atoms with E-state index in [1.165, 1.54) is 21.2 Å². The first-order chi connectivity index (χ1) is 26.3. The number of carbonyl (C=O) groups excluding carboxylic acids is 2. The lowest BCUT2D eigenvalue weighted by Gasteiger charge is -2.43. The lowest BCUT2D eigenvalue weighted by Crippen LogP contribution is -2.44. The Balaban J connectivity index is 1.02. The summed E-state index contributed by atoms with van der Waals surface area (Å²) in [5, 5.41) is 12.1. The van der Waals surface area contributed by atoms with Crippen molar-refractivity contribution in [1.29, 1.82) is 0 Å². The molecule has 0 bridgehead atoms. The van der Waals surface area contributed by atoms with Crippen LogP contribution in [-0.4, -0.2) is 46.4 Å². The fraction of sp³-hybridized carbons (Fsp3) is 0.234. The molecule has 7 heteroatoms. The second-order valence-electron chi connectivity index (χ2n) is 14.6. The Kier molecular flexibility index (Phi) is 9.97. The first-order valence-corrected chi connectivity index (χ1v) is 18.6. The Hall–Kier alpha value is -5.44. The number of hydrogen-bond acceptors (Lipinski definition) is 6. The number of hydrogen-bond donors (Lipinski definition) is 1. The number of aliphatic hydroxyl groups is 1. The van der Waals surface area contributed by atoms with Gasteiger partial charge in [0.05, 0.1) is 36.5 Å². The summed E-state index contributed by atoms with van der Waals surface area (Å²) in [5.41, 5.74) is 7.85. The number of rotatable bonds is 10. The summed E-state index contributed by atoms with van der Waals surface area (Å²) >= 11 is 0. The van der Waals surface area contributed by atoms with Gasteiger partial charge in [-0.05, 0) is 82.4 Å². The third-order valence-electron chi connectivity index (χ3n) is 11.2. The first kappa shape index (κ1) is 35.6. The summed E-state index contributed by atoms with van der Waals surface area (Å²) in [4.78, 5) is 29.7. The molecule has 54 heavy (non-hydrogen) atoms. The molecule has 0 saturated carbocycles. The van der Waals surface area contributed by atoms with Crippen molar-refractivity contribution in [3.63, 3.8) is 0 Å². The van der Waals surface area contributed by atoms with Crippen molar-refractivity contribution < 1.29 is 24.2 Å². The van der Waals surface area contributed by atoms with E-state index in [0.717, 1.165) is 33.4 Å². The van der Waals surface area contributed by atoms with Gasteiger partial charge in [-0.2, -0.15) is 0 Å². The largest absolute Gasteiger partial charge is 0.392 e.